The Balaban J connectivity index is 1.70. The van der Waals surface area contributed by atoms with Crippen molar-refractivity contribution in [2.24, 2.45) is 0 Å². The highest BCUT2D eigenvalue weighted by Gasteiger charge is 2.16. The Hall–Kier alpha value is -0.630. The second-order valence-corrected chi connectivity index (χ2v) is 5.00. The lowest BCUT2D eigenvalue weighted by atomic mass is 9.93. The second-order valence-electron chi connectivity index (χ2n) is 5.00. The Kier molecular flexibility index (Phi) is 4.58. The van der Waals surface area contributed by atoms with Crippen molar-refractivity contribution in [3.63, 3.8) is 0 Å². The van der Waals surface area contributed by atoms with Crippen molar-refractivity contribution in [2.45, 2.75) is 63.9 Å². The summed E-state index contributed by atoms with van der Waals surface area (Å²) in [6.45, 7) is 0.889. The zero-order valence-corrected chi connectivity index (χ0v) is 10.0. The third-order valence-electron chi connectivity index (χ3n) is 3.60. The van der Waals surface area contributed by atoms with E-state index in [2.05, 4.69) is 0 Å². The van der Waals surface area contributed by atoms with E-state index in [1.54, 1.807) is 0 Å². The van der Waals surface area contributed by atoms with Crippen molar-refractivity contribution in [1.29, 1.82) is 0 Å². The smallest absolute Gasteiger partial charge is 0.155 e. The van der Waals surface area contributed by atoms with Gasteiger partial charge in [-0.25, -0.2) is 0 Å². The van der Waals surface area contributed by atoms with Crippen LogP contribution in [0.1, 0.15) is 57.8 Å². The number of hydrogen-bond acceptors (Lipinski definition) is 2. The van der Waals surface area contributed by atoms with Gasteiger partial charge in [0.15, 0.2) is 5.78 Å². The topological polar surface area (TPSA) is 26.3 Å². The normalized spacial score (nSPS) is 25.8. The highest BCUT2D eigenvalue weighted by Crippen LogP contribution is 2.23. The van der Waals surface area contributed by atoms with Crippen LogP contribution in [0.15, 0.2) is 11.6 Å². The molecule has 2 fully saturated rings. The molecular formula is C14H22O2. The number of carbonyl (C=O) groups is 1. The molecule has 2 nitrogen and oxygen atoms in total. The number of hydrogen-bond donors (Lipinski definition) is 0. The standard InChI is InChI=1S/C14H22O2/c15-13(8-9-14-7-4-10-16-14)11-12-5-2-1-3-6-12/h11,14H,1-10H2. The van der Waals surface area contributed by atoms with Gasteiger partial charge in [-0.1, -0.05) is 12.0 Å². The monoisotopic (exact) mass is 222 g/mol. The minimum Gasteiger partial charge on any atom is -0.378 e. The number of allylic oxidation sites excluding steroid dienone is 2. The van der Waals surface area contributed by atoms with E-state index >= 15 is 0 Å². The van der Waals surface area contributed by atoms with E-state index in [4.69, 9.17) is 4.74 Å². The molecule has 1 aliphatic carbocycles. The van der Waals surface area contributed by atoms with Crippen molar-refractivity contribution in [2.75, 3.05) is 6.61 Å². The molecular weight excluding hydrogens is 200 g/mol. The lowest BCUT2D eigenvalue weighted by molar-refractivity contribution is -0.115. The first kappa shape index (κ1) is 11.8. The summed E-state index contributed by atoms with van der Waals surface area (Å²) in [6, 6.07) is 0. The average molecular weight is 222 g/mol. The molecule has 0 aromatic rings. The zero-order chi connectivity index (χ0) is 11.2. The van der Waals surface area contributed by atoms with Crippen molar-refractivity contribution in [3.8, 4) is 0 Å². The highest BCUT2D eigenvalue weighted by atomic mass is 16.5. The van der Waals surface area contributed by atoms with Gasteiger partial charge >= 0.3 is 0 Å². The quantitative estimate of drug-likeness (QED) is 0.681. The Labute approximate surface area is 98.1 Å². The molecule has 1 unspecified atom stereocenters. The first-order valence-corrected chi connectivity index (χ1v) is 6.68. The molecule has 1 saturated heterocycles. The van der Waals surface area contributed by atoms with Crippen LogP contribution in [0.3, 0.4) is 0 Å². The van der Waals surface area contributed by atoms with Crippen LogP contribution in [0.4, 0.5) is 0 Å². The van der Waals surface area contributed by atoms with E-state index < -0.39 is 0 Å². The maximum absolute atomic E-state index is 11.7. The Morgan fingerprint density at radius 2 is 2.06 bits per heavy atom. The van der Waals surface area contributed by atoms with E-state index in [1.807, 2.05) is 6.08 Å². The van der Waals surface area contributed by atoms with Crippen molar-refractivity contribution in [3.05, 3.63) is 11.6 Å². The molecule has 0 N–H and O–H groups in total. The van der Waals surface area contributed by atoms with Crippen LogP contribution in [0.25, 0.3) is 0 Å². The Morgan fingerprint density at radius 3 is 2.75 bits per heavy atom. The van der Waals surface area contributed by atoms with Crippen LogP contribution in [-0.4, -0.2) is 18.5 Å². The summed E-state index contributed by atoms with van der Waals surface area (Å²) < 4.78 is 5.52. The summed E-state index contributed by atoms with van der Waals surface area (Å²) in [7, 11) is 0. The molecule has 1 heterocycles. The molecule has 2 rings (SSSR count). The molecule has 2 aliphatic rings. The summed E-state index contributed by atoms with van der Waals surface area (Å²) in [5, 5.41) is 0. The third-order valence-corrected chi connectivity index (χ3v) is 3.60. The van der Waals surface area contributed by atoms with Gasteiger partial charge in [-0.15, -0.1) is 0 Å². The van der Waals surface area contributed by atoms with E-state index in [-0.39, 0.29) is 0 Å². The maximum atomic E-state index is 11.7. The fourth-order valence-corrected chi connectivity index (χ4v) is 2.63. The number of ketones is 1. The number of ether oxygens (including phenoxy) is 1. The summed E-state index contributed by atoms with van der Waals surface area (Å²) in [6.07, 6.45) is 12.3. The Morgan fingerprint density at radius 1 is 1.25 bits per heavy atom. The van der Waals surface area contributed by atoms with Gasteiger partial charge in [-0.3, -0.25) is 4.79 Å². The van der Waals surface area contributed by atoms with Crippen molar-refractivity contribution in [1.82, 2.24) is 0 Å². The molecule has 16 heavy (non-hydrogen) atoms. The van der Waals surface area contributed by atoms with Crippen LogP contribution in [0.2, 0.25) is 0 Å². The summed E-state index contributed by atoms with van der Waals surface area (Å²) in [4.78, 5) is 11.7. The first-order valence-electron chi connectivity index (χ1n) is 6.68. The molecule has 1 saturated carbocycles. The van der Waals surface area contributed by atoms with E-state index in [0.717, 1.165) is 32.3 Å². The summed E-state index contributed by atoms with van der Waals surface area (Å²) in [5.41, 5.74) is 1.38. The van der Waals surface area contributed by atoms with E-state index in [1.165, 1.54) is 31.3 Å². The van der Waals surface area contributed by atoms with Gasteiger partial charge in [0, 0.05) is 13.0 Å². The van der Waals surface area contributed by atoms with Gasteiger partial charge in [-0.05, 0) is 51.0 Å². The Bertz CT molecular complexity index is 254. The summed E-state index contributed by atoms with van der Waals surface area (Å²) >= 11 is 0. The molecule has 1 atom stereocenters. The molecule has 1 aliphatic heterocycles. The van der Waals surface area contributed by atoms with Crippen LogP contribution < -0.4 is 0 Å². The first-order chi connectivity index (χ1) is 7.84. The molecule has 0 radical (unpaired) electrons. The second kappa shape index (κ2) is 6.19. The molecule has 2 heteroatoms. The molecule has 0 spiro atoms. The van der Waals surface area contributed by atoms with E-state index in [0.29, 0.717) is 18.3 Å². The van der Waals surface area contributed by atoms with Crippen LogP contribution in [0, 0.1) is 0 Å². The van der Waals surface area contributed by atoms with Crippen molar-refractivity contribution >= 4 is 5.78 Å². The summed E-state index contributed by atoms with van der Waals surface area (Å²) in [5.74, 6) is 0.312. The van der Waals surface area contributed by atoms with Gasteiger partial charge < -0.3 is 4.74 Å². The van der Waals surface area contributed by atoms with Crippen molar-refractivity contribution < 1.29 is 9.53 Å². The minimum absolute atomic E-state index is 0.312. The third kappa shape index (κ3) is 3.75. The minimum atomic E-state index is 0.312. The molecule has 90 valence electrons. The number of rotatable bonds is 4. The molecule has 0 aromatic carbocycles. The fourth-order valence-electron chi connectivity index (χ4n) is 2.63. The van der Waals surface area contributed by atoms with Crippen LogP contribution in [0.5, 0.6) is 0 Å². The maximum Gasteiger partial charge on any atom is 0.155 e. The molecule has 0 bridgehead atoms. The van der Waals surface area contributed by atoms with Gasteiger partial charge in [0.05, 0.1) is 6.10 Å². The lowest BCUT2D eigenvalue weighted by Crippen LogP contribution is -2.08. The predicted octanol–water partition coefficient (Wildman–Crippen LogP) is 3.41. The SMILES string of the molecule is O=C(C=C1CCCCC1)CCC1CCCO1. The van der Waals surface area contributed by atoms with Gasteiger partial charge in [0.25, 0.3) is 0 Å². The zero-order valence-electron chi connectivity index (χ0n) is 10.0. The largest absolute Gasteiger partial charge is 0.378 e. The van der Waals surface area contributed by atoms with Crippen LogP contribution >= 0.6 is 0 Å². The highest BCUT2D eigenvalue weighted by molar-refractivity contribution is 5.90. The predicted molar refractivity (Wildman–Crippen MR) is 64.4 cm³/mol. The van der Waals surface area contributed by atoms with E-state index in [9.17, 15) is 4.79 Å². The van der Waals surface area contributed by atoms with Gasteiger partial charge in [0.2, 0.25) is 0 Å². The van der Waals surface area contributed by atoms with Gasteiger partial charge in [0.1, 0.15) is 0 Å². The van der Waals surface area contributed by atoms with Gasteiger partial charge in [-0.2, -0.15) is 0 Å². The number of carbonyl (C=O) groups excluding carboxylic acids is 1. The molecule has 0 amide bonds. The fraction of sp³-hybridized carbons (Fsp3) is 0.786. The lowest BCUT2D eigenvalue weighted by Gasteiger charge is -2.13. The molecule has 0 aromatic heterocycles. The average Bonchev–Trinajstić information content (AvgIpc) is 2.81. The van der Waals surface area contributed by atoms with Crippen LogP contribution in [-0.2, 0) is 9.53 Å².